The van der Waals surface area contributed by atoms with Gasteiger partial charge in [0.1, 0.15) is 6.61 Å². The molecular weight excluding hydrogens is 344 g/mol. The van der Waals surface area contributed by atoms with Gasteiger partial charge in [-0.1, -0.05) is 33.6 Å². The summed E-state index contributed by atoms with van der Waals surface area (Å²) in [6.07, 6.45) is 0. The largest absolute Gasteiger partial charge is 0.493 e. The summed E-state index contributed by atoms with van der Waals surface area (Å²) in [5.74, 6) is 1.39. The first-order valence-electron chi connectivity index (χ1n) is 6.10. The number of nitrogens with zero attached hydrogens (tertiary/aromatic N) is 2. The minimum Gasteiger partial charge on any atom is -0.493 e. The van der Waals surface area contributed by atoms with Crippen LogP contribution in [0.25, 0.3) is 0 Å². The molecule has 1 aromatic carbocycles. The summed E-state index contributed by atoms with van der Waals surface area (Å²) in [5.41, 5.74) is 2.76. The number of hydrogen-bond donors (Lipinski definition) is 0. The summed E-state index contributed by atoms with van der Waals surface area (Å²) in [7, 11) is 3.47. The lowest BCUT2D eigenvalue weighted by atomic mass is 10.2. The van der Waals surface area contributed by atoms with Crippen molar-refractivity contribution in [2.45, 2.75) is 18.9 Å². The van der Waals surface area contributed by atoms with Crippen LogP contribution in [0.5, 0.6) is 11.5 Å². The van der Waals surface area contributed by atoms with Gasteiger partial charge in [-0.15, -0.1) is 0 Å². The molecule has 0 spiro atoms. The second-order valence-corrected chi connectivity index (χ2v) is 5.32. The average Bonchev–Trinajstić information content (AvgIpc) is 2.70. The third-order valence-corrected chi connectivity index (χ3v) is 4.15. The van der Waals surface area contributed by atoms with Crippen LogP contribution in [0, 0.1) is 6.92 Å². The second kappa shape index (κ2) is 6.50. The third kappa shape index (κ3) is 3.10. The zero-order chi connectivity index (χ0) is 14.7. The zero-order valence-electron chi connectivity index (χ0n) is 11.6. The van der Waals surface area contributed by atoms with E-state index >= 15 is 0 Å². The first-order chi connectivity index (χ1) is 9.56. The summed E-state index contributed by atoms with van der Waals surface area (Å²) < 4.78 is 12.9. The molecule has 0 aliphatic carbocycles. The van der Waals surface area contributed by atoms with Gasteiger partial charge in [0.2, 0.25) is 0 Å². The van der Waals surface area contributed by atoms with Gasteiger partial charge in [-0.2, -0.15) is 5.10 Å². The molecule has 0 amide bonds. The monoisotopic (exact) mass is 358 g/mol. The summed E-state index contributed by atoms with van der Waals surface area (Å²) in [6, 6.07) is 5.83. The Kier molecular flexibility index (Phi) is 4.94. The van der Waals surface area contributed by atoms with Gasteiger partial charge in [0.15, 0.2) is 11.5 Å². The van der Waals surface area contributed by atoms with Crippen LogP contribution in [0.15, 0.2) is 18.2 Å². The number of alkyl halides is 1. The maximum atomic E-state index is 6.21. The molecule has 0 radical (unpaired) electrons. The molecule has 108 valence electrons. The van der Waals surface area contributed by atoms with Crippen molar-refractivity contribution in [3.05, 3.63) is 40.2 Å². The Bertz CT molecular complexity index is 613. The molecular formula is C14H16BrClN2O2. The van der Waals surface area contributed by atoms with Crippen molar-refractivity contribution in [1.29, 1.82) is 0 Å². The van der Waals surface area contributed by atoms with Crippen LogP contribution in [-0.4, -0.2) is 16.9 Å². The highest BCUT2D eigenvalue weighted by molar-refractivity contribution is 9.08. The van der Waals surface area contributed by atoms with E-state index in [1.165, 1.54) is 0 Å². The minimum atomic E-state index is 0.346. The molecule has 0 fully saturated rings. The Labute approximate surface area is 131 Å². The number of aryl methyl sites for hydroxylation is 2. The number of ether oxygens (including phenoxy) is 2. The number of aromatic nitrogens is 2. The Morgan fingerprint density at radius 1 is 1.35 bits per heavy atom. The lowest BCUT2D eigenvalue weighted by Gasteiger charge is -2.12. The smallest absolute Gasteiger partial charge is 0.162 e. The van der Waals surface area contributed by atoms with Gasteiger partial charge in [0, 0.05) is 12.4 Å². The summed E-state index contributed by atoms with van der Waals surface area (Å²) >= 11 is 9.64. The molecule has 1 aromatic heterocycles. The van der Waals surface area contributed by atoms with Crippen molar-refractivity contribution in [2.24, 2.45) is 7.05 Å². The van der Waals surface area contributed by atoms with Crippen molar-refractivity contribution in [3.8, 4) is 11.5 Å². The highest BCUT2D eigenvalue weighted by atomic mass is 79.9. The maximum absolute atomic E-state index is 6.21. The normalized spacial score (nSPS) is 10.7. The van der Waals surface area contributed by atoms with E-state index in [0.29, 0.717) is 23.1 Å². The van der Waals surface area contributed by atoms with E-state index in [2.05, 4.69) is 21.0 Å². The fraction of sp³-hybridized carbons (Fsp3) is 0.357. The van der Waals surface area contributed by atoms with Crippen LogP contribution in [0.2, 0.25) is 5.02 Å². The van der Waals surface area contributed by atoms with Gasteiger partial charge >= 0.3 is 0 Å². The van der Waals surface area contributed by atoms with Crippen LogP contribution >= 0.6 is 27.5 Å². The summed E-state index contributed by atoms with van der Waals surface area (Å²) in [6.45, 7) is 2.22. The zero-order valence-corrected chi connectivity index (χ0v) is 14.0. The molecule has 2 aromatic rings. The molecule has 0 aliphatic heterocycles. The average molecular weight is 360 g/mol. The highest BCUT2D eigenvalue weighted by Crippen LogP contribution is 2.30. The lowest BCUT2D eigenvalue weighted by molar-refractivity contribution is 0.275. The number of halogens is 2. The predicted molar refractivity (Wildman–Crippen MR) is 82.9 cm³/mol. The van der Waals surface area contributed by atoms with Crippen LogP contribution < -0.4 is 9.47 Å². The van der Waals surface area contributed by atoms with E-state index in [1.54, 1.807) is 11.8 Å². The molecule has 20 heavy (non-hydrogen) atoms. The van der Waals surface area contributed by atoms with Crippen molar-refractivity contribution in [1.82, 2.24) is 9.78 Å². The topological polar surface area (TPSA) is 36.3 Å². The quantitative estimate of drug-likeness (QED) is 0.761. The van der Waals surface area contributed by atoms with E-state index in [0.717, 1.165) is 22.3 Å². The van der Waals surface area contributed by atoms with Gasteiger partial charge in [0.25, 0.3) is 0 Å². The fourth-order valence-corrected chi connectivity index (χ4v) is 2.46. The van der Waals surface area contributed by atoms with Crippen molar-refractivity contribution < 1.29 is 9.47 Å². The van der Waals surface area contributed by atoms with Crippen LogP contribution in [0.4, 0.5) is 0 Å². The number of methoxy groups -OCH3 is 1. The number of hydrogen-bond acceptors (Lipinski definition) is 3. The number of rotatable bonds is 5. The van der Waals surface area contributed by atoms with E-state index in [-0.39, 0.29) is 0 Å². The first-order valence-corrected chi connectivity index (χ1v) is 7.60. The van der Waals surface area contributed by atoms with E-state index in [4.69, 9.17) is 21.1 Å². The van der Waals surface area contributed by atoms with Gasteiger partial charge in [-0.05, 0) is 24.6 Å². The van der Waals surface area contributed by atoms with Gasteiger partial charge in [0.05, 0.1) is 23.5 Å². The highest BCUT2D eigenvalue weighted by Gasteiger charge is 2.13. The van der Waals surface area contributed by atoms with E-state index < -0.39 is 0 Å². The Balaban J connectivity index is 2.21. The molecule has 0 bridgehead atoms. The Morgan fingerprint density at radius 2 is 2.10 bits per heavy atom. The SMILES string of the molecule is COc1ccc(CBr)cc1OCc1c(Cl)c(C)nn1C. The van der Waals surface area contributed by atoms with Crippen LogP contribution in [0.1, 0.15) is 17.0 Å². The van der Waals surface area contributed by atoms with Crippen LogP contribution in [-0.2, 0) is 19.0 Å². The summed E-state index contributed by atoms with van der Waals surface area (Å²) in [4.78, 5) is 0. The summed E-state index contributed by atoms with van der Waals surface area (Å²) in [5, 5.41) is 5.67. The molecule has 4 nitrogen and oxygen atoms in total. The third-order valence-electron chi connectivity index (χ3n) is 3.01. The minimum absolute atomic E-state index is 0.346. The molecule has 0 aliphatic rings. The van der Waals surface area contributed by atoms with Gasteiger partial charge < -0.3 is 9.47 Å². The van der Waals surface area contributed by atoms with Crippen molar-refractivity contribution >= 4 is 27.5 Å². The van der Waals surface area contributed by atoms with Crippen LogP contribution in [0.3, 0.4) is 0 Å². The second-order valence-electron chi connectivity index (χ2n) is 4.38. The van der Waals surface area contributed by atoms with E-state index in [1.807, 2.05) is 32.2 Å². The first kappa shape index (κ1) is 15.2. The Morgan fingerprint density at radius 3 is 2.65 bits per heavy atom. The van der Waals surface area contributed by atoms with Crippen molar-refractivity contribution in [2.75, 3.05) is 7.11 Å². The maximum Gasteiger partial charge on any atom is 0.162 e. The Hall–Kier alpha value is -1.20. The molecule has 6 heteroatoms. The molecule has 0 saturated carbocycles. The van der Waals surface area contributed by atoms with E-state index in [9.17, 15) is 0 Å². The standard InChI is InChI=1S/C14H16BrClN2O2/c1-9-14(16)11(18(2)17-9)8-20-13-6-10(7-15)4-5-12(13)19-3/h4-6H,7-8H2,1-3H3. The number of benzene rings is 1. The molecule has 2 rings (SSSR count). The van der Waals surface area contributed by atoms with Crippen molar-refractivity contribution in [3.63, 3.8) is 0 Å². The van der Waals surface area contributed by atoms with Gasteiger partial charge in [-0.25, -0.2) is 0 Å². The molecule has 0 saturated heterocycles. The molecule has 0 N–H and O–H groups in total. The molecule has 0 unspecified atom stereocenters. The molecule has 0 atom stereocenters. The molecule has 1 heterocycles. The van der Waals surface area contributed by atoms with Gasteiger partial charge in [-0.3, -0.25) is 4.68 Å². The lowest BCUT2D eigenvalue weighted by Crippen LogP contribution is -2.04. The predicted octanol–water partition coefficient (Wildman–Crippen LogP) is 3.86. The fourth-order valence-electron chi connectivity index (χ4n) is 1.90.